The average molecular weight is 215 g/mol. The van der Waals surface area contributed by atoms with Crippen molar-refractivity contribution in [3.05, 3.63) is 0 Å². The van der Waals surface area contributed by atoms with Gasteiger partial charge in [-0.05, 0) is 5.41 Å². The van der Waals surface area contributed by atoms with Gasteiger partial charge in [-0.1, -0.05) is 19.0 Å². The standard InChI is InChI=1S/C10H17NO4/c1-10(2)7(8(10)9(12)13)6-11-15-5-4-14-3/h6-8H,4-5H2,1-3H3,(H,12,13)/b11-6+/t7?,8-/m0/s1. The number of methoxy groups -OCH3 is 1. The van der Waals surface area contributed by atoms with Gasteiger partial charge in [-0.3, -0.25) is 4.79 Å². The predicted octanol–water partition coefficient (Wildman–Crippen LogP) is 0.992. The molecule has 5 nitrogen and oxygen atoms in total. The van der Waals surface area contributed by atoms with Gasteiger partial charge in [0.15, 0.2) is 0 Å². The fourth-order valence-electron chi connectivity index (χ4n) is 1.71. The fraction of sp³-hybridized carbons (Fsp3) is 0.800. The third kappa shape index (κ3) is 2.68. The third-order valence-corrected chi connectivity index (χ3v) is 2.85. The van der Waals surface area contributed by atoms with Crippen LogP contribution in [0.5, 0.6) is 0 Å². The van der Waals surface area contributed by atoms with Gasteiger partial charge in [0, 0.05) is 19.2 Å². The molecule has 1 unspecified atom stereocenters. The minimum atomic E-state index is -0.770. The minimum absolute atomic E-state index is 0.0301. The molecule has 1 saturated carbocycles. The lowest BCUT2D eigenvalue weighted by molar-refractivity contribution is -0.139. The predicted molar refractivity (Wildman–Crippen MR) is 54.7 cm³/mol. The topological polar surface area (TPSA) is 68.1 Å². The van der Waals surface area contributed by atoms with Gasteiger partial charge < -0.3 is 14.7 Å². The number of carbonyl (C=O) groups is 1. The number of hydrogen-bond acceptors (Lipinski definition) is 4. The van der Waals surface area contributed by atoms with E-state index in [0.717, 1.165) is 0 Å². The lowest BCUT2D eigenvalue weighted by Crippen LogP contribution is -2.03. The van der Waals surface area contributed by atoms with Crippen molar-refractivity contribution in [2.24, 2.45) is 22.4 Å². The molecule has 1 N–H and O–H groups in total. The van der Waals surface area contributed by atoms with E-state index in [0.29, 0.717) is 13.2 Å². The Kier molecular flexibility index (Phi) is 3.68. The molecule has 0 aromatic heterocycles. The van der Waals surface area contributed by atoms with E-state index in [4.69, 9.17) is 14.7 Å². The van der Waals surface area contributed by atoms with Crippen LogP contribution in [0.4, 0.5) is 0 Å². The molecule has 2 atom stereocenters. The van der Waals surface area contributed by atoms with E-state index in [1.165, 1.54) is 0 Å². The lowest BCUT2D eigenvalue weighted by atomic mass is 10.1. The van der Waals surface area contributed by atoms with Crippen LogP contribution >= 0.6 is 0 Å². The maximum absolute atomic E-state index is 10.8. The van der Waals surface area contributed by atoms with Crippen LogP contribution in [-0.2, 0) is 14.4 Å². The Morgan fingerprint density at radius 2 is 2.20 bits per heavy atom. The fourth-order valence-corrected chi connectivity index (χ4v) is 1.71. The second-order valence-electron chi connectivity index (χ2n) is 4.24. The molecule has 5 heteroatoms. The summed E-state index contributed by atoms with van der Waals surface area (Å²) in [5.41, 5.74) is -0.208. The highest BCUT2D eigenvalue weighted by Gasteiger charge is 2.61. The summed E-state index contributed by atoms with van der Waals surface area (Å²) in [6.45, 7) is 4.70. The zero-order chi connectivity index (χ0) is 11.5. The van der Waals surface area contributed by atoms with Crippen LogP contribution in [-0.4, -0.2) is 37.6 Å². The summed E-state index contributed by atoms with van der Waals surface area (Å²) in [5, 5.41) is 12.6. The molecule has 0 heterocycles. The summed E-state index contributed by atoms with van der Waals surface area (Å²) in [6.07, 6.45) is 1.58. The second kappa shape index (κ2) is 4.61. The second-order valence-corrected chi connectivity index (χ2v) is 4.24. The van der Waals surface area contributed by atoms with E-state index in [-0.39, 0.29) is 17.3 Å². The van der Waals surface area contributed by atoms with Crippen LogP contribution in [0, 0.1) is 17.3 Å². The van der Waals surface area contributed by atoms with Crippen molar-refractivity contribution in [2.45, 2.75) is 13.8 Å². The summed E-state index contributed by atoms with van der Waals surface area (Å²) < 4.78 is 4.77. The van der Waals surface area contributed by atoms with Crippen molar-refractivity contribution >= 4 is 12.2 Å². The van der Waals surface area contributed by atoms with Gasteiger partial charge in [0.2, 0.25) is 0 Å². The number of hydrogen-bond donors (Lipinski definition) is 1. The van der Waals surface area contributed by atoms with Gasteiger partial charge in [-0.25, -0.2) is 0 Å². The Balaban J connectivity index is 2.31. The summed E-state index contributed by atoms with van der Waals surface area (Å²) >= 11 is 0. The highest BCUT2D eigenvalue weighted by atomic mass is 16.6. The molecule has 0 saturated heterocycles. The molecule has 1 rings (SSSR count). The molecule has 1 aliphatic carbocycles. The molecule has 1 fully saturated rings. The maximum Gasteiger partial charge on any atom is 0.307 e. The van der Waals surface area contributed by atoms with E-state index < -0.39 is 5.97 Å². The van der Waals surface area contributed by atoms with E-state index >= 15 is 0 Å². The van der Waals surface area contributed by atoms with Crippen molar-refractivity contribution in [2.75, 3.05) is 20.3 Å². The summed E-state index contributed by atoms with van der Waals surface area (Å²) in [6, 6.07) is 0. The highest BCUT2D eigenvalue weighted by molar-refractivity contribution is 5.84. The maximum atomic E-state index is 10.8. The van der Waals surface area contributed by atoms with Gasteiger partial charge >= 0.3 is 5.97 Å². The van der Waals surface area contributed by atoms with Crippen LogP contribution in [0.25, 0.3) is 0 Å². The van der Waals surface area contributed by atoms with Gasteiger partial charge in [-0.15, -0.1) is 0 Å². The molecule has 0 aliphatic heterocycles. The normalized spacial score (nSPS) is 27.9. The zero-order valence-electron chi connectivity index (χ0n) is 9.27. The molecule has 1 aliphatic rings. The quantitative estimate of drug-likeness (QED) is 0.407. The summed E-state index contributed by atoms with van der Waals surface area (Å²) in [5.74, 6) is -1.14. The van der Waals surface area contributed by atoms with Crippen LogP contribution < -0.4 is 0 Å². The smallest absolute Gasteiger partial charge is 0.307 e. The monoisotopic (exact) mass is 215 g/mol. The Morgan fingerprint density at radius 1 is 1.53 bits per heavy atom. The molecule has 0 aromatic rings. The first kappa shape index (κ1) is 12.0. The van der Waals surface area contributed by atoms with E-state index in [1.54, 1.807) is 13.3 Å². The van der Waals surface area contributed by atoms with Gasteiger partial charge in [0.25, 0.3) is 0 Å². The van der Waals surface area contributed by atoms with Crippen molar-refractivity contribution in [1.82, 2.24) is 0 Å². The molecular weight excluding hydrogens is 198 g/mol. The number of carboxylic acid groups (broad SMARTS) is 1. The largest absolute Gasteiger partial charge is 0.481 e. The molecule has 86 valence electrons. The van der Waals surface area contributed by atoms with Gasteiger partial charge in [0.1, 0.15) is 6.61 Å². The van der Waals surface area contributed by atoms with E-state index in [2.05, 4.69) is 5.16 Å². The van der Waals surface area contributed by atoms with Gasteiger partial charge in [-0.2, -0.15) is 0 Å². The molecule has 0 aromatic carbocycles. The molecular formula is C10H17NO4. The van der Waals surface area contributed by atoms with Crippen molar-refractivity contribution in [3.8, 4) is 0 Å². The number of ether oxygens (including phenoxy) is 1. The first-order chi connectivity index (χ1) is 7.01. The number of aliphatic carboxylic acids is 1. The molecule has 15 heavy (non-hydrogen) atoms. The van der Waals surface area contributed by atoms with Crippen molar-refractivity contribution in [1.29, 1.82) is 0 Å². The van der Waals surface area contributed by atoms with Crippen LogP contribution in [0.2, 0.25) is 0 Å². The lowest BCUT2D eigenvalue weighted by Gasteiger charge is -1.97. The molecule has 0 amide bonds. The number of oxime groups is 1. The Labute approximate surface area is 89.1 Å². The van der Waals surface area contributed by atoms with Gasteiger partial charge in [0.05, 0.1) is 12.5 Å². The zero-order valence-corrected chi connectivity index (χ0v) is 9.27. The number of carboxylic acids is 1. The first-order valence-electron chi connectivity index (χ1n) is 4.89. The van der Waals surface area contributed by atoms with Crippen LogP contribution in [0.1, 0.15) is 13.8 Å². The first-order valence-corrected chi connectivity index (χ1v) is 4.89. The summed E-state index contributed by atoms with van der Waals surface area (Å²) in [7, 11) is 1.58. The van der Waals surface area contributed by atoms with Crippen molar-refractivity contribution in [3.63, 3.8) is 0 Å². The highest BCUT2D eigenvalue weighted by Crippen LogP contribution is 2.57. The molecule has 0 radical (unpaired) electrons. The minimum Gasteiger partial charge on any atom is -0.481 e. The molecule has 0 bridgehead atoms. The third-order valence-electron chi connectivity index (χ3n) is 2.85. The Hall–Kier alpha value is -1.10. The van der Waals surface area contributed by atoms with Crippen LogP contribution in [0.3, 0.4) is 0 Å². The average Bonchev–Trinajstić information content (AvgIpc) is 2.68. The van der Waals surface area contributed by atoms with E-state index in [9.17, 15) is 4.79 Å². The SMILES string of the molecule is COCCO/N=C/C1[C@@H](C(=O)O)C1(C)C. The number of nitrogens with zero attached hydrogens (tertiary/aromatic N) is 1. The van der Waals surface area contributed by atoms with Crippen molar-refractivity contribution < 1.29 is 19.5 Å². The Morgan fingerprint density at radius 3 is 2.67 bits per heavy atom. The van der Waals surface area contributed by atoms with E-state index in [1.807, 2.05) is 13.8 Å². The summed E-state index contributed by atoms with van der Waals surface area (Å²) in [4.78, 5) is 15.7. The molecule has 0 spiro atoms. The number of rotatable bonds is 6. The van der Waals surface area contributed by atoms with Crippen LogP contribution in [0.15, 0.2) is 5.16 Å². The Bertz CT molecular complexity index is 262.